The van der Waals surface area contributed by atoms with Gasteiger partial charge < -0.3 is 15.5 Å². The van der Waals surface area contributed by atoms with Crippen molar-refractivity contribution >= 4 is 17.8 Å². The van der Waals surface area contributed by atoms with E-state index >= 15 is 0 Å². The smallest absolute Gasteiger partial charge is 0.354 e. The van der Waals surface area contributed by atoms with Crippen molar-refractivity contribution in [3.63, 3.8) is 0 Å². The second-order valence-corrected chi connectivity index (χ2v) is 6.45. The van der Waals surface area contributed by atoms with Crippen LogP contribution in [-0.2, 0) is 4.79 Å². The molecule has 7 heteroatoms. The predicted molar refractivity (Wildman–Crippen MR) is 83.6 cm³/mol. The molecule has 124 valence electrons. The lowest BCUT2D eigenvalue weighted by molar-refractivity contribution is -0.139. The van der Waals surface area contributed by atoms with Crippen LogP contribution in [0.15, 0.2) is 18.2 Å². The SMILES string of the molecule is O=C(O)CN(CC1CC1)C1CC(Nc2cccc(C(=O)O)n2)C1. The van der Waals surface area contributed by atoms with Crippen LogP contribution in [0.4, 0.5) is 5.82 Å². The summed E-state index contributed by atoms with van der Waals surface area (Å²) in [6.07, 6.45) is 4.13. The van der Waals surface area contributed by atoms with E-state index in [2.05, 4.69) is 15.2 Å². The van der Waals surface area contributed by atoms with E-state index in [-0.39, 0.29) is 24.3 Å². The molecule has 0 aliphatic heterocycles. The average Bonchev–Trinajstić information content (AvgIpc) is 3.25. The molecule has 0 unspecified atom stereocenters. The predicted octanol–water partition coefficient (Wildman–Crippen LogP) is 1.52. The van der Waals surface area contributed by atoms with Gasteiger partial charge in [0, 0.05) is 18.6 Å². The van der Waals surface area contributed by atoms with Gasteiger partial charge in [-0.3, -0.25) is 9.69 Å². The third-order valence-electron chi connectivity index (χ3n) is 4.48. The van der Waals surface area contributed by atoms with Crippen LogP contribution in [0.25, 0.3) is 0 Å². The quantitative estimate of drug-likeness (QED) is 0.667. The Balaban J connectivity index is 1.52. The highest BCUT2D eigenvalue weighted by molar-refractivity contribution is 5.85. The van der Waals surface area contributed by atoms with E-state index in [4.69, 9.17) is 10.2 Å². The minimum absolute atomic E-state index is 0.0205. The highest BCUT2D eigenvalue weighted by atomic mass is 16.4. The van der Waals surface area contributed by atoms with Crippen molar-refractivity contribution in [1.82, 2.24) is 9.88 Å². The molecule has 0 bridgehead atoms. The number of rotatable bonds is 8. The van der Waals surface area contributed by atoms with Crippen molar-refractivity contribution in [2.45, 2.75) is 37.8 Å². The average molecular weight is 319 g/mol. The van der Waals surface area contributed by atoms with Crippen LogP contribution in [-0.4, -0.2) is 57.2 Å². The van der Waals surface area contributed by atoms with Crippen molar-refractivity contribution in [1.29, 1.82) is 0 Å². The monoisotopic (exact) mass is 319 g/mol. The zero-order valence-electron chi connectivity index (χ0n) is 12.8. The molecule has 0 radical (unpaired) electrons. The number of aromatic carboxylic acids is 1. The van der Waals surface area contributed by atoms with Gasteiger partial charge in [-0.25, -0.2) is 9.78 Å². The van der Waals surface area contributed by atoms with Crippen LogP contribution in [0, 0.1) is 5.92 Å². The van der Waals surface area contributed by atoms with Gasteiger partial charge in [0.2, 0.25) is 0 Å². The summed E-state index contributed by atoms with van der Waals surface area (Å²) in [6.45, 7) is 0.969. The number of aromatic nitrogens is 1. The summed E-state index contributed by atoms with van der Waals surface area (Å²) in [4.78, 5) is 28.1. The van der Waals surface area contributed by atoms with Gasteiger partial charge in [0.05, 0.1) is 6.54 Å². The number of nitrogens with zero attached hydrogens (tertiary/aromatic N) is 2. The van der Waals surface area contributed by atoms with E-state index < -0.39 is 11.9 Å². The lowest BCUT2D eigenvalue weighted by atomic mass is 9.85. The van der Waals surface area contributed by atoms with Crippen LogP contribution < -0.4 is 5.32 Å². The molecule has 2 aliphatic rings. The molecule has 0 amide bonds. The molecule has 1 aromatic heterocycles. The lowest BCUT2D eigenvalue weighted by Gasteiger charge is -2.43. The molecule has 0 aromatic carbocycles. The van der Waals surface area contributed by atoms with Gasteiger partial charge in [-0.2, -0.15) is 0 Å². The number of hydrogen-bond donors (Lipinski definition) is 3. The van der Waals surface area contributed by atoms with Crippen LogP contribution in [0.5, 0.6) is 0 Å². The highest BCUT2D eigenvalue weighted by Crippen LogP contribution is 2.34. The van der Waals surface area contributed by atoms with Gasteiger partial charge in [0.1, 0.15) is 5.82 Å². The molecule has 0 atom stereocenters. The highest BCUT2D eigenvalue weighted by Gasteiger charge is 2.37. The van der Waals surface area contributed by atoms with Gasteiger partial charge in [-0.15, -0.1) is 0 Å². The first-order valence-electron chi connectivity index (χ1n) is 7.94. The topological polar surface area (TPSA) is 103 Å². The summed E-state index contributed by atoms with van der Waals surface area (Å²) in [6, 6.07) is 5.37. The zero-order valence-corrected chi connectivity index (χ0v) is 12.8. The van der Waals surface area contributed by atoms with Crippen LogP contribution >= 0.6 is 0 Å². The first-order chi connectivity index (χ1) is 11.0. The molecule has 2 aliphatic carbocycles. The van der Waals surface area contributed by atoms with Gasteiger partial charge in [0.15, 0.2) is 5.69 Å². The van der Waals surface area contributed by atoms with Gasteiger partial charge >= 0.3 is 11.9 Å². The summed E-state index contributed by atoms with van der Waals surface area (Å²) in [5.41, 5.74) is 0.0205. The number of nitrogens with one attached hydrogen (secondary N) is 1. The van der Waals surface area contributed by atoms with E-state index in [0.717, 1.165) is 19.4 Å². The fraction of sp³-hybridized carbons (Fsp3) is 0.562. The van der Waals surface area contributed by atoms with Crippen LogP contribution in [0.1, 0.15) is 36.2 Å². The van der Waals surface area contributed by atoms with Crippen LogP contribution in [0.3, 0.4) is 0 Å². The second-order valence-electron chi connectivity index (χ2n) is 6.45. The van der Waals surface area contributed by atoms with E-state index in [1.807, 2.05) is 0 Å². The summed E-state index contributed by atoms with van der Waals surface area (Å²) >= 11 is 0. The minimum Gasteiger partial charge on any atom is -0.480 e. The standard InChI is InChI=1S/C16H21N3O4/c20-15(21)9-19(8-10-4-5-10)12-6-11(7-12)17-14-3-1-2-13(18-14)16(22)23/h1-3,10-12H,4-9H2,(H,17,18)(H,20,21)(H,22,23). The fourth-order valence-corrected chi connectivity index (χ4v) is 3.00. The molecule has 3 rings (SSSR count). The molecule has 7 nitrogen and oxygen atoms in total. The van der Waals surface area contributed by atoms with E-state index in [9.17, 15) is 9.59 Å². The van der Waals surface area contributed by atoms with E-state index in [1.54, 1.807) is 12.1 Å². The summed E-state index contributed by atoms with van der Waals surface area (Å²) in [5, 5.41) is 21.2. The number of pyridine rings is 1. The first kappa shape index (κ1) is 15.7. The molecule has 2 saturated carbocycles. The fourth-order valence-electron chi connectivity index (χ4n) is 3.00. The molecule has 0 spiro atoms. The Kier molecular flexibility index (Phi) is 4.47. The van der Waals surface area contributed by atoms with Gasteiger partial charge in [0.25, 0.3) is 0 Å². The first-order valence-corrected chi connectivity index (χ1v) is 7.94. The number of hydrogen-bond acceptors (Lipinski definition) is 5. The van der Waals surface area contributed by atoms with E-state index in [1.165, 1.54) is 18.9 Å². The Labute approximate surface area is 134 Å². The molecule has 1 aromatic rings. The molecule has 1 heterocycles. The van der Waals surface area contributed by atoms with Crippen molar-refractivity contribution in [3.05, 3.63) is 23.9 Å². The number of carboxylic acid groups (broad SMARTS) is 2. The normalized spacial score (nSPS) is 23.3. The maximum absolute atomic E-state index is 11.0. The van der Waals surface area contributed by atoms with Crippen LogP contribution in [0.2, 0.25) is 0 Å². The zero-order chi connectivity index (χ0) is 16.4. The minimum atomic E-state index is -1.04. The Morgan fingerprint density at radius 1 is 1.26 bits per heavy atom. The maximum atomic E-state index is 11.0. The third-order valence-corrected chi connectivity index (χ3v) is 4.48. The Hall–Kier alpha value is -2.15. The van der Waals surface area contributed by atoms with Crippen molar-refractivity contribution in [2.75, 3.05) is 18.4 Å². The summed E-state index contributed by atoms with van der Waals surface area (Å²) in [7, 11) is 0. The van der Waals surface area contributed by atoms with Gasteiger partial charge in [-0.05, 0) is 43.7 Å². The second kappa shape index (κ2) is 6.54. The third kappa shape index (κ3) is 4.19. The van der Waals surface area contributed by atoms with Crippen molar-refractivity contribution in [2.24, 2.45) is 5.92 Å². The lowest BCUT2D eigenvalue weighted by Crippen LogP contribution is -2.52. The molecule has 0 saturated heterocycles. The number of carboxylic acids is 2. The largest absolute Gasteiger partial charge is 0.480 e. The molecule has 2 fully saturated rings. The van der Waals surface area contributed by atoms with Gasteiger partial charge in [-0.1, -0.05) is 6.07 Å². The summed E-state index contributed by atoms with van der Waals surface area (Å²) in [5.74, 6) is -0.606. The summed E-state index contributed by atoms with van der Waals surface area (Å²) < 4.78 is 0. The molecular weight excluding hydrogens is 298 g/mol. The maximum Gasteiger partial charge on any atom is 0.354 e. The molecule has 3 N–H and O–H groups in total. The van der Waals surface area contributed by atoms with E-state index in [0.29, 0.717) is 11.7 Å². The molecular formula is C16H21N3O4. The Bertz CT molecular complexity index is 597. The number of carbonyl (C=O) groups is 2. The number of aliphatic carboxylic acids is 1. The number of anilines is 1. The van der Waals surface area contributed by atoms with Crippen molar-refractivity contribution < 1.29 is 19.8 Å². The Morgan fingerprint density at radius 2 is 2.00 bits per heavy atom. The van der Waals surface area contributed by atoms with Crippen molar-refractivity contribution in [3.8, 4) is 0 Å². The Morgan fingerprint density at radius 3 is 2.61 bits per heavy atom. The molecule has 23 heavy (non-hydrogen) atoms.